The Morgan fingerprint density at radius 1 is 1.00 bits per heavy atom. The Morgan fingerprint density at radius 2 is 1.58 bits per heavy atom. The quantitative estimate of drug-likeness (QED) is 0.885. The lowest BCUT2D eigenvalue weighted by molar-refractivity contribution is -0.131. The molecule has 142 valence electrons. The van der Waals surface area contributed by atoms with Gasteiger partial charge in [0.25, 0.3) is 0 Å². The maximum absolute atomic E-state index is 12.2. The van der Waals surface area contributed by atoms with E-state index >= 15 is 0 Å². The molecule has 0 saturated carbocycles. The van der Waals surface area contributed by atoms with Crippen LogP contribution in [0.25, 0.3) is 0 Å². The predicted octanol–water partition coefficient (Wildman–Crippen LogP) is 1.85. The van der Waals surface area contributed by atoms with E-state index in [2.05, 4.69) is 5.32 Å². The van der Waals surface area contributed by atoms with Gasteiger partial charge in [-0.2, -0.15) is 0 Å². The number of hydrogen-bond acceptors (Lipinski definition) is 5. The highest BCUT2D eigenvalue weighted by Gasteiger charge is 2.26. The minimum Gasteiger partial charge on any atom is -0.444 e. The van der Waals surface area contributed by atoms with Crippen molar-refractivity contribution in [1.29, 1.82) is 0 Å². The lowest BCUT2D eigenvalue weighted by atomic mass is 10.2. The van der Waals surface area contributed by atoms with Gasteiger partial charge in [0, 0.05) is 26.2 Å². The number of hydrogen-bond donors (Lipinski definition) is 1. The van der Waals surface area contributed by atoms with Crippen LogP contribution in [0.15, 0.2) is 30.3 Å². The third kappa shape index (κ3) is 6.27. The zero-order chi connectivity index (χ0) is 19.2. The molecule has 1 aliphatic heterocycles. The molecule has 0 radical (unpaired) electrons. The molecule has 0 spiro atoms. The first kappa shape index (κ1) is 19.6. The smallest absolute Gasteiger partial charge is 0.415 e. The molecule has 0 bridgehead atoms. The van der Waals surface area contributed by atoms with Crippen molar-refractivity contribution in [2.75, 3.05) is 32.7 Å². The Kier molecular flexibility index (Phi) is 6.43. The van der Waals surface area contributed by atoms with Gasteiger partial charge in [0.05, 0.1) is 0 Å². The summed E-state index contributed by atoms with van der Waals surface area (Å²) in [7, 11) is 0. The van der Waals surface area contributed by atoms with E-state index in [0.717, 1.165) is 0 Å². The zero-order valence-electron chi connectivity index (χ0n) is 15.4. The highest BCUT2D eigenvalue weighted by Crippen LogP contribution is 2.12. The van der Waals surface area contributed by atoms with E-state index in [1.165, 1.54) is 0 Å². The number of benzene rings is 1. The highest BCUT2D eigenvalue weighted by molar-refractivity contribution is 5.82. The molecule has 8 heteroatoms. The molecule has 26 heavy (non-hydrogen) atoms. The van der Waals surface area contributed by atoms with Gasteiger partial charge in [0.1, 0.15) is 17.9 Å². The molecule has 0 aliphatic carbocycles. The first-order chi connectivity index (χ1) is 12.2. The normalized spacial score (nSPS) is 14.6. The number of para-hydroxylation sites is 1. The average molecular weight is 363 g/mol. The molecule has 1 aromatic carbocycles. The van der Waals surface area contributed by atoms with Gasteiger partial charge in [-0.15, -0.1) is 0 Å². The molecule has 3 amide bonds. The lowest BCUT2D eigenvalue weighted by Gasteiger charge is -2.34. The summed E-state index contributed by atoms with van der Waals surface area (Å²) >= 11 is 0. The van der Waals surface area contributed by atoms with Crippen molar-refractivity contribution in [1.82, 2.24) is 15.1 Å². The van der Waals surface area contributed by atoms with Crippen LogP contribution in [-0.4, -0.2) is 66.2 Å². The maximum Gasteiger partial charge on any atom is 0.415 e. The van der Waals surface area contributed by atoms with Gasteiger partial charge in [-0.05, 0) is 32.9 Å². The topological polar surface area (TPSA) is 88.2 Å². The van der Waals surface area contributed by atoms with Crippen LogP contribution in [0, 0.1) is 0 Å². The molecule has 1 fully saturated rings. The highest BCUT2D eigenvalue weighted by atomic mass is 16.6. The van der Waals surface area contributed by atoms with Crippen molar-refractivity contribution < 1.29 is 23.9 Å². The third-order valence-corrected chi connectivity index (χ3v) is 3.62. The second-order valence-electron chi connectivity index (χ2n) is 6.90. The number of nitrogens with one attached hydrogen (secondary N) is 1. The first-order valence-electron chi connectivity index (χ1n) is 8.51. The standard InChI is InChI=1S/C18H25N3O5/c1-18(2,3)26-16(23)19-13-15(22)20-9-11-21(12-10-20)17(24)25-14-7-5-4-6-8-14/h4-8H,9-13H2,1-3H3,(H,19,23). The second-order valence-corrected chi connectivity index (χ2v) is 6.90. The van der Waals surface area contributed by atoms with E-state index in [9.17, 15) is 14.4 Å². The summed E-state index contributed by atoms with van der Waals surface area (Å²) in [6.45, 7) is 6.65. The van der Waals surface area contributed by atoms with Gasteiger partial charge in [-0.25, -0.2) is 9.59 Å². The van der Waals surface area contributed by atoms with Crippen LogP contribution in [0.3, 0.4) is 0 Å². The summed E-state index contributed by atoms with van der Waals surface area (Å²) in [5.74, 6) is 0.268. The van der Waals surface area contributed by atoms with E-state index in [-0.39, 0.29) is 12.5 Å². The summed E-state index contributed by atoms with van der Waals surface area (Å²) in [5, 5.41) is 2.45. The Bertz CT molecular complexity index is 634. The number of carbonyl (C=O) groups is 3. The number of alkyl carbamates (subject to hydrolysis) is 1. The van der Waals surface area contributed by atoms with Gasteiger partial charge in [-0.1, -0.05) is 18.2 Å². The maximum atomic E-state index is 12.2. The fraction of sp³-hybridized carbons (Fsp3) is 0.500. The molecule has 1 aliphatic rings. The molecule has 8 nitrogen and oxygen atoms in total. The molecule has 0 atom stereocenters. The molecular formula is C18H25N3O5. The van der Waals surface area contributed by atoms with Crippen LogP contribution in [0.2, 0.25) is 0 Å². The molecule has 1 saturated heterocycles. The number of nitrogens with zero attached hydrogens (tertiary/aromatic N) is 2. The third-order valence-electron chi connectivity index (χ3n) is 3.62. The Labute approximate surface area is 153 Å². The van der Waals surface area contributed by atoms with Gasteiger partial charge in [0.15, 0.2) is 0 Å². The summed E-state index contributed by atoms with van der Waals surface area (Å²) in [5.41, 5.74) is -0.613. The van der Waals surface area contributed by atoms with E-state index in [1.54, 1.807) is 54.8 Å². The average Bonchev–Trinajstić information content (AvgIpc) is 2.59. The summed E-state index contributed by atoms with van der Waals surface area (Å²) in [6.07, 6.45) is -1.06. The van der Waals surface area contributed by atoms with Crippen molar-refractivity contribution in [3.8, 4) is 5.75 Å². The van der Waals surface area contributed by atoms with Crippen molar-refractivity contribution in [3.05, 3.63) is 30.3 Å². The molecule has 1 aromatic rings. The van der Waals surface area contributed by atoms with Gasteiger partial charge < -0.3 is 24.6 Å². The van der Waals surface area contributed by atoms with E-state index in [4.69, 9.17) is 9.47 Å². The SMILES string of the molecule is CC(C)(C)OC(=O)NCC(=O)N1CCN(C(=O)Oc2ccccc2)CC1. The van der Waals surface area contributed by atoms with Crippen LogP contribution in [-0.2, 0) is 9.53 Å². The van der Waals surface area contributed by atoms with Crippen molar-refractivity contribution in [3.63, 3.8) is 0 Å². The fourth-order valence-electron chi connectivity index (χ4n) is 2.37. The van der Waals surface area contributed by atoms with E-state index in [1.807, 2.05) is 6.07 Å². The summed E-state index contributed by atoms with van der Waals surface area (Å²) in [6, 6.07) is 8.83. The van der Waals surface area contributed by atoms with Crippen LogP contribution in [0.5, 0.6) is 5.75 Å². The molecule has 0 aromatic heterocycles. The number of rotatable bonds is 3. The van der Waals surface area contributed by atoms with Crippen molar-refractivity contribution in [2.45, 2.75) is 26.4 Å². The molecule has 2 rings (SSSR count). The minimum atomic E-state index is -0.629. The van der Waals surface area contributed by atoms with Gasteiger partial charge >= 0.3 is 12.2 Å². The number of amides is 3. The molecule has 0 unspecified atom stereocenters. The van der Waals surface area contributed by atoms with Gasteiger partial charge in [0.2, 0.25) is 5.91 Å². The van der Waals surface area contributed by atoms with Crippen LogP contribution in [0.4, 0.5) is 9.59 Å². The lowest BCUT2D eigenvalue weighted by Crippen LogP contribution is -2.53. The molecular weight excluding hydrogens is 338 g/mol. The molecule has 1 heterocycles. The number of piperazine rings is 1. The minimum absolute atomic E-state index is 0.136. The van der Waals surface area contributed by atoms with Crippen LogP contribution >= 0.6 is 0 Å². The van der Waals surface area contributed by atoms with E-state index < -0.39 is 17.8 Å². The van der Waals surface area contributed by atoms with Crippen LogP contribution in [0.1, 0.15) is 20.8 Å². The predicted molar refractivity (Wildman–Crippen MR) is 94.9 cm³/mol. The van der Waals surface area contributed by atoms with Crippen molar-refractivity contribution in [2.24, 2.45) is 0 Å². The molecule has 1 N–H and O–H groups in total. The second kappa shape index (κ2) is 8.55. The van der Waals surface area contributed by atoms with Crippen LogP contribution < -0.4 is 10.1 Å². The van der Waals surface area contributed by atoms with E-state index in [0.29, 0.717) is 31.9 Å². The largest absolute Gasteiger partial charge is 0.444 e. The Balaban J connectivity index is 1.72. The Morgan fingerprint density at radius 3 is 2.15 bits per heavy atom. The number of ether oxygens (including phenoxy) is 2. The summed E-state index contributed by atoms with van der Waals surface area (Å²) < 4.78 is 10.4. The first-order valence-corrected chi connectivity index (χ1v) is 8.51. The monoisotopic (exact) mass is 363 g/mol. The van der Waals surface area contributed by atoms with Gasteiger partial charge in [-0.3, -0.25) is 4.79 Å². The Hall–Kier alpha value is -2.77. The van der Waals surface area contributed by atoms with Crippen molar-refractivity contribution >= 4 is 18.1 Å². The number of carbonyl (C=O) groups excluding carboxylic acids is 3. The fourth-order valence-corrected chi connectivity index (χ4v) is 2.37. The summed E-state index contributed by atoms with van der Waals surface area (Å²) in [4.78, 5) is 39.0. The zero-order valence-corrected chi connectivity index (χ0v) is 15.4.